The molecule has 90 valence electrons. The summed E-state index contributed by atoms with van der Waals surface area (Å²) < 4.78 is 0. The third-order valence-electron chi connectivity index (χ3n) is 1.81. The molecule has 1 aromatic rings. The van der Waals surface area contributed by atoms with E-state index in [0.29, 0.717) is 10.8 Å². The number of nitrogens with zero attached hydrogens (tertiary/aromatic N) is 2. The molecular formula is C7H4N2O5S3. The average Bonchev–Trinajstić information content (AvgIpc) is 2.26. The van der Waals surface area contributed by atoms with Crippen LogP contribution >= 0.6 is 35.1 Å². The van der Waals surface area contributed by atoms with E-state index in [1.807, 2.05) is 0 Å². The normalized spacial score (nSPS) is 10.0. The van der Waals surface area contributed by atoms with E-state index in [4.69, 9.17) is 0 Å². The van der Waals surface area contributed by atoms with Crippen molar-refractivity contribution >= 4 is 51.6 Å². The summed E-state index contributed by atoms with van der Waals surface area (Å²) in [7, 11) is 0.480. The van der Waals surface area contributed by atoms with E-state index in [1.165, 1.54) is 0 Å². The zero-order valence-electron chi connectivity index (χ0n) is 7.89. The topological polar surface area (TPSA) is 103 Å². The third-order valence-corrected chi connectivity index (χ3v) is 3.14. The van der Waals surface area contributed by atoms with Crippen LogP contribution in [0.3, 0.4) is 0 Å². The quantitative estimate of drug-likeness (QED) is 0.384. The van der Waals surface area contributed by atoms with Gasteiger partial charge in [0.2, 0.25) is 5.12 Å². The highest BCUT2D eigenvalue weighted by Gasteiger charge is 2.29. The van der Waals surface area contributed by atoms with Crippen LogP contribution in [0.15, 0.2) is 17.0 Å². The first-order valence-corrected chi connectivity index (χ1v) is 6.22. The van der Waals surface area contributed by atoms with Gasteiger partial charge in [0.15, 0.2) is 4.90 Å². The summed E-state index contributed by atoms with van der Waals surface area (Å²) in [5, 5.41) is 20.7. The third kappa shape index (κ3) is 2.70. The van der Waals surface area contributed by atoms with E-state index >= 15 is 0 Å². The molecule has 0 unspecified atom stereocenters. The maximum Gasteiger partial charge on any atom is 0.301 e. The minimum atomic E-state index is -0.882. The number of rotatable bonds is 3. The SMILES string of the molecule is O=C(SS)c1ccc([N+](=O)[O-])c(S)c1[N+](=O)[O-]. The van der Waals surface area contributed by atoms with Crippen LogP contribution < -0.4 is 0 Å². The van der Waals surface area contributed by atoms with Crippen molar-refractivity contribution in [3.05, 3.63) is 37.9 Å². The van der Waals surface area contributed by atoms with Gasteiger partial charge in [-0.25, -0.2) is 0 Å². The fourth-order valence-electron chi connectivity index (χ4n) is 1.12. The van der Waals surface area contributed by atoms with Gasteiger partial charge in [-0.2, -0.15) is 0 Å². The van der Waals surface area contributed by atoms with Gasteiger partial charge >= 0.3 is 5.69 Å². The molecule has 17 heavy (non-hydrogen) atoms. The van der Waals surface area contributed by atoms with E-state index in [0.717, 1.165) is 12.1 Å². The molecule has 10 heteroatoms. The molecule has 0 amide bonds. The summed E-state index contributed by atoms with van der Waals surface area (Å²) in [6.45, 7) is 0. The van der Waals surface area contributed by atoms with Gasteiger partial charge in [0.05, 0.1) is 9.85 Å². The van der Waals surface area contributed by atoms with Crippen molar-refractivity contribution in [2.24, 2.45) is 0 Å². The van der Waals surface area contributed by atoms with Crippen LogP contribution in [0.5, 0.6) is 0 Å². The van der Waals surface area contributed by atoms with E-state index in [9.17, 15) is 25.0 Å². The Kier molecular flexibility index (Phi) is 4.37. The Morgan fingerprint density at radius 3 is 2.24 bits per heavy atom. The number of benzene rings is 1. The van der Waals surface area contributed by atoms with Crippen molar-refractivity contribution in [3.63, 3.8) is 0 Å². The largest absolute Gasteiger partial charge is 0.301 e. The van der Waals surface area contributed by atoms with E-state index in [1.54, 1.807) is 0 Å². The maximum atomic E-state index is 11.4. The summed E-state index contributed by atoms with van der Waals surface area (Å²) in [6, 6.07) is 2.01. The van der Waals surface area contributed by atoms with E-state index < -0.39 is 31.2 Å². The molecule has 1 rings (SSSR count). The molecule has 0 fully saturated rings. The highest BCUT2D eigenvalue weighted by atomic mass is 33.1. The number of carbonyl (C=O) groups excluding carboxylic acids is 1. The van der Waals surface area contributed by atoms with Crippen LogP contribution in [0.25, 0.3) is 0 Å². The number of thiol groups is 2. The van der Waals surface area contributed by atoms with Crippen LogP contribution in [0.2, 0.25) is 0 Å². The fourth-order valence-corrected chi connectivity index (χ4v) is 2.03. The fraction of sp³-hybridized carbons (Fsp3) is 0. The zero-order chi connectivity index (χ0) is 13.2. The molecule has 7 nitrogen and oxygen atoms in total. The highest BCUT2D eigenvalue weighted by molar-refractivity contribution is 8.75. The molecule has 0 bridgehead atoms. The lowest BCUT2D eigenvalue weighted by Gasteiger charge is -2.02. The number of hydrogen-bond donors (Lipinski definition) is 2. The number of nitro groups is 2. The second kappa shape index (κ2) is 5.38. The lowest BCUT2D eigenvalue weighted by atomic mass is 10.2. The Morgan fingerprint density at radius 1 is 1.24 bits per heavy atom. The molecule has 0 aliphatic rings. The van der Waals surface area contributed by atoms with Crippen LogP contribution in [-0.2, 0) is 0 Å². The zero-order valence-corrected chi connectivity index (χ0v) is 10.5. The van der Waals surface area contributed by atoms with Gasteiger partial charge in [-0.15, -0.1) is 24.3 Å². The Morgan fingerprint density at radius 2 is 1.82 bits per heavy atom. The van der Waals surface area contributed by atoms with Gasteiger partial charge < -0.3 is 0 Å². The molecule has 0 spiro atoms. The minimum Gasteiger partial charge on any atom is -0.280 e. The van der Waals surface area contributed by atoms with Gasteiger partial charge in [-0.1, -0.05) is 0 Å². The predicted molar refractivity (Wildman–Crippen MR) is 67.9 cm³/mol. The Hall–Kier alpha value is -1.26. The second-order valence-corrected chi connectivity index (χ2v) is 4.27. The van der Waals surface area contributed by atoms with Crippen molar-refractivity contribution in [2.75, 3.05) is 0 Å². The lowest BCUT2D eigenvalue weighted by Crippen LogP contribution is -2.03. The minimum absolute atomic E-state index is 0.273. The summed E-state index contributed by atoms with van der Waals surface area (Å²) in [6.07, 6.45) is 0. The van der Waals surface area contributed by atoms with Crippen LogP contribution in [-0.4, -0.2) is 15.0 Å². The monoisotopic (exact) mass is 292 g/mol. The molecule has 0 aliphatic carbocycles. The number of carbonyl (C=O) groups is 1. The van der Waals surface area contributed by atoms with E-state index in [-0.39, 0.29) is 5.56 Å². The van der Waals surface area contributed by atoms with Gasteiger partial charge in [0.1, 0.15) is 5.56 Å². The van der Waals surface area contributed by atoms with Gasteiger partial charge in [0, 0.05) is 6.07 Å². The van der Waals surface area contributed by atoms with Crippen LogP contribution in [0.4, 0.5) is 11.4 Å². The molecule has 0 N–H and O–H groups in total. The molecule has 0 atom stereocenters. The van der Waals surface area contributed by atoms with Crippen LogP contribution in [0.1, 0.15) is 10.4 Å². The summed E-state index contributed by atoms with van der Waals surface area (Å²) in [4.78, 5) is 30.6. The Bertz CT molecular complexity index is 518. The molecule has 0 aliphatic heterocycles. The first-order valence-electron chi connectivity index (χ1n) is 3.90. The summed E-state index contributed by atoms with van der Waals surface area (Å²) in [5.41, 5.74) is -1.49. The first-order chi connectivity index (χ1) is 7.90. The predicted octanol–water partition coefficient (Wildman–Crippen LogP) is 2.51. The molecule has 0 saturated heterocycles. The molecule has 0 heterocycles. The molecular weight excluding hydrogens is 288 g/mol. The molecule has 0 radical (unpaired) electrons. The smallest absolute Gasteiger partial charge is 0.280 e. The maximum absolute atomic E-state index is 11.4. The van der Waals surface area contributed by atoms with Crippen molar-refractivity contribution in [3.8, 4) is 0 Å². The average molecular weight is 292 g/mol. The van der Waals surface area contributed by atoms with Crippen molar-refractivity contribution in [1.29, 1.82) is 0 Å². The number of hydrogen-bond acceptors (Lipinski definition) is 8. The first kappa shape index (κ1) is 13.8. The summed E-state index contributed by atoms with van der Waals surface area (Å²) in [5.74, 6) is 0. The van der Waals surface area contributed by atoms with Gasteiger partial charge in [-0.3, -0.25) is 25.0 Å². The van der Waals surface area contributed by atoms with Crippen molar-refractivity contribution < 1.29 is 14.6 Å². The molecule has 1 aromatic carbocycles. The number of nitro benzene ring substituents is 2. The molecule has 0 saturated carbocycles. The van der Waals surface area contributed by atoms with Crippen LogP contribution in [0, 0.1) is 20.2 Å². The van der Waals surface area contributed by atoms with E-state index in [2.05, 4.69) is 24.3 Å². The standard InChI is InChI=1S/C7H4N2O5S3/c10-7(17-16)3-1-2-4(8(11)12)6(15)5(3)9(13)14/h1-2,15-16H. The van der Waals surface area contributed by atoms with Gasteiger partial charge in [-0.05, 0) is 16.9 Å². The van der Waals surface area contributed by atoms with Crippen molar-refractivity contribution in [1.82, 2.24) is 0 Å². The molecule has 0 aromatic heterocycles. The summed E-state index contributed by atoms with van der Waals surface area (Å²) >= 11 is 7.35. The Balaban J connectivity index is 3.56. The second-order valence-electron chi connectivity index (χ2n) is 2.72. The Labute approximate surface area is 109 Å². The van der Waals surface area contributed by atoms with Gasteiger partial charge in [0.25, 0.3) is 5.69 Å². The highest BCUT2D eigenvalue weighted by Crippen LogP contribution is 2.36. The lowest BCUT2D eigenvalue weighted by molar-refractivity contribution is -0.399. The van der Waals surface area contributed by atoms with Crippen molar-refractivity contribution in [2.45, 2.75) is 4.90 Å².